The fourth-order valence-corrected chi connectivity index (χ4v) is 4.87. The Morgan fingerprint density at radius 1 is 1.00 bits per heavy atom. The Morgan fingerprint density at radius 3 is 2.41 bits per heavy atom. The van der Waals surface area contributed by atoms with Gasteiger partial charge >= 0.3 is 0 Å². The van der Waals surface area contributed by atoms with Crippen LogP contribution < -0.4 is 21.7 Å². The summed E-state index contributed by atoms with van der Waals surface area (Å²) in [5, 5.41) is 9.91. The molecule has 5 N–H and O–H groups in total. The van der Waals surface area contributed by atoms with Gasteiger partial charge in [0, 0.05) is 36.6 Å². The lowest BCUT2D eigenvalue weighted by Crippen LogP contribution is -2.41. The number of carbonyl (C=O) groups is 2. The molecule has 0 bridgehead atoms. The number of amides is 2. The molecule has 2 saturated carbocycles. The zero-order chi connectivity index (χ0) is 25.6. The van der Waals surface area contributed by atoms with Gasteiger partial charge in [0.1, 0.15) is 17.7 Å². The van der Waals surface area contributed by atoms with Gasteiger partial charge in [-0.15, -0.1) is 0 Å². The van der Waals surface area contributed by atoms with E-state index in [9.17, 15) is 9.59 Å². The lowest BCUT2D eigenvalue weighted by molar-refractivity contribution is -0.122. The normalized spacial score (nSPS) is 16.6. The average Bonchev–Trinajstić information content (AvgIpc) is 3.54. The van der Waals surface area contributed by atoms with Crippen molar-refractivity contribution in [1.82, 2.24) is 19.9 Å². The van der Waals surface area contributed by atoms with Gasteiger partial charge in [-0.05, 0) is 55.0 Å². The lowest BCUT2D eigenvalue weighted by Gasteiger charge is -2.27. The van der Waals surface area contributed by atoms with Gasteiger partial charge in [0.05, 0.1) is 0 Å². The predicted molar refractivity (Wildman–Crippen MR) is 143 cm³/mol. The molecule has 1 atom stereocenters. The van der Waals surface area contributed by atoms with Gasteiger partial charge in [-0.25, -0.2) is 0 Å². The van der Waals surface area contributed by atoms with Crippen LogP contribution in [0.3, 0.4) is 0 Å². The first-order valence-electron chi connectivity index (χ1n) is 13.3. The van der Waals surface area contributed by atoms with E-state index in [1.54, 1.807) is 12.1 Å². The molecule has 2 aromatic heterocycles. The highest BCUT2D eigenvalue weighted by atomic mass is 16.2. The van der Waals surface area contributed by atoms with Crippen LogP contribution >= 0.6 is 0 Å². The average molecular weight is 502 g/mol. The summed E-state index contributed by atoms with van der Waals surface area (Å²) in [4.78, 5) is 34.2. The second-order valence-electron chi connectivity index (χ2n) is 10.2. The van der Waals surface area contributed by atoms with Crippen molar-refractivity contribution in [2.24, 2.45) is 11.7 Å². The molecule has 5 rings (SSSR count). The third kappa shape index (κ3) is 6.87. The van der Waals surface area contributed by atoms with Crippen LogP contribution in [0.25, 0.3) is 5.82 Å². The largest absolute Gasteiger partial charge is 0.366 e. The zero-order valence-corrected chi connectivity index (χ0v) is 21.0. The second kappa shape index (κ2) is 11.5. The number of rotatable bonds is 11. The molecule has 2 aliphatic rings. The van der Waals surface area contributed by atoms with E-state index in [-0.39, 0.29) is 5.91 Å². The van der Waals surface area contributed by atoms with Crippen LogP contribution in [-0.4, -0.2) is 38.4 Å². The first-order chi connectivity index (χ1) is 18.0. The van der Waals surface area contributed by atoms with Crippen LogP contribution in [-0.2, 0) is 11.3 Å². The van der Waals surface area contributed by atoms with E-state index in [1.165, 1.54) is 19.3 Å². The van der Waals surface area contributed by atoms with Crippen molar-refractivity contribution >= 4 is 23.6 Å². The van der Waals surface area contributed by atoms with Crippen molar-refractivity contribution in [3.05, 3.63) is 66.0 Å². The van der Waals surface area contributed by atoms with E-state index >= 15 is 0 Å². The standard InChI is InChI=1S/C28H35N7O2/c29-26(36)21-10-8-20(9-11-21)18-30-27(37)23(16-19-6-2-1-3-7-19)32-24-17-25(35-14-4-5-15-35)34-28(33-24)31-22-12-13-22/h4-5,8-11,14-15,17,19,22-23H,1-3,6-7,12-13,16,18H2,(H2,29,36)(H,30,37)(H2,31,32,33,34)/t23-/m1/s1. The molecular weight excluding hydrogens is 466 g/mol. The molecule has 9 heteroatoms. The smallest absolute Gasteiger partial charge is 0.248 e. The molecule has 9 nitrogen and oxygen atoms in total. The molecule has 194 valence electrons. The van der Waals surface area contributed by atoms with Crippen molar-refractivity contribution in [3.8, 4) is 5.82 Å². The van der Waals surface area contributed by atoms with E-state index in [4.69, 9.17) is 10.7 Å². The number of hydrogen-bond donors (Lipinski definition) is 4. The minimum absolute atomic E-state index is 0.0672. The first kappa shape index (κ1) is 24.8. The van der Waals surface area contributed by atoms with Gasteiger partial charge in [0.2, 0.25) is 17.8 Å². The molecule has 0 radical (unpaired) electrons. The van der Waals surface area contributed by atoms with Gasteiger partial charge in [-0.3, -0.25) is 9.59 Å². The molecule has 0 unspecified atom stereocenters. The maximum atomic E-state index is 13.4. The zero-order valence-electron chi connectivity index (χ0n) is 21.0. The highest BCUT2D eigenvalue weighted by Crippen LogP contribution is 2.29. The molecular formula is C28H35N7O2. The quantitative estimate of drug-likeness (QED) is 0.314. The van der Waals surface area contributed by atoms with Gasteiger partial charge in [-0.1, -0.05) is 44.2 Å². The number of aromatic nitrogens is 3. The number of hydrogen-bond acceptors (Lipinski definition) is 6. The molecule has 2 amide bonds. The number of anilines is 2. The summed E-state index contributed by atoms with van der Waals surface area (Å²) >= 11 is 0. The number of carbonyl (C=O) groups excluding carboxylic acids is 2. The van der Waals surface area contributed by atoms with Crippen molar-refractivity contribution in [1.29, 1.82) is 0 Å². The van der Waals surface area contributed by atoms with E-state index in [0.717, 1.165) is 43.5 Å². The van der Waals surface area contributed by atoms with E-state index in [1.807, 2.05) is 47.3 Å². The highest BCUT2D eigenvalue weighted by Gasteiger charge is 2.26. The van der Waals surface area contributed by atoms with Gasteiger partial charge < -0.3 is 26.3 Å². The van der Waals surface area contributed by atoms with E-state index in [2.05, 4.69) is 20.9 Å². The number of nitrogens with two attached hydrogens (primary N) is 1. The Hall–Kier alpha value is -3.88. The summed E-state index contributed by atoms with van der Waals surface area (Å²) in [6.45, 7) is 0.369. The predicted octanol–water partition coefficient (Wildman–Crippen LogP) is 4.01. The topological polar surface area (TPSA) is 127 Å². The Balaban J connectivity index is 1.33. The van der Waals surface area contributed by atoms with Crippen molar-refractivity contribution in [3.63, 3.8) is 0 Å². The van der Waals surface area contributed by atoms with Gasteiger partial charge in [0.25, 0.3) is 0 Å². The molecule has 1 aromatic carbocycles. The van der Waals surface area contributed by atoms with Crippen molar-refractivity contribution in [2.45, 2.75) is 70.0 Å². The second-order valence-corrected chi connectivity index (χ2v) is 10.2. The van der Waals surface area contributed by atoms with Crippen molar-refractivity contribution < 1.29 is 9.59 Å². The first-order valence-corrected chi connectivity index (χ1v) is 13.3. The molecule has 0 saturated heterocycles. The minimum Gasteiger partial charge on any atom is -0.366 e. The summed E-state index contributed by atoms with van der Waals surface area (Å²) in [5.74, 6) is 1.92. The van der Waals surface area contributed by atoms with Crippen LogP contribution in [0.2, 0.25) is 0 Å². The lowest BCUT2D eigenvalue weighted by atomic mass is 9.84. The Bertz CT molecular complexity index is 1200. The summed E-state index contributed by atoms with van der Waals surface area (Å²) in [7, 11) is 0. The maximum absolute atomic E-state index is 13.4. The van der Waals surface area contributed by atoms with Crippen LogP contribution in [0.1, 0.15) is 67.3 Å². The summed E-state index contributed by atoms with van der Waals surface area (Å²) < 4.78 is 1.94. The van der Waals surface area contributed by atoms with Gasteiger partial charge in [-0.2, -0.15) is 9.97 Å². The summed E-state index contributed by atoms with van der Waals surface area (Å²) in [6, 6.07) is 12.8. The fourth-order valence-electron chi connectivity index (χ4n) is 4.87. The van der Waals surface area contributed by atoms with Crippen LogP contribution in [0.5, 0.6) is 0 Å². The summed E-state index contributed by atoms with van der Waals surface area (Å²) in [5.41, 5.74) is 6.69. The molecule has 2 aliphatic carbocycles. The van der Waals surface area contributed by atoms with Crippen LogP contribution in [0, 0.1) is 5.92 Å². The molecule has 0 aliphatic heterocycles. The number of benzene rings is 1. The third-order valence-electron chi connectivity index (χ3n) is 7.13. The minimum atomic E-state index is -0.466. The molecule has 37 heavy (non-hydrogen) atoms. The van der Waals surface area contributed by atoms with Gasteiger partial charge in [0.15, 0.2) is 0 Å². The maximum Gasteiger partial charge on any atom is 0.248 e. The third-order valence-corrected chi connectivity index (χ3v) is 7.13. The van der Waals surface area contributed by atoms with Crippen LogP contribution in [0.15, 0.2) is 54.9 Å². The SMILES string of the molecule is NC(=O)c1ccc(CNC(=O)[C@@H](CC2CCCCC2)Nc2cc(-n3cccc3)nc(NC3CC3)n2)cc1. The Labute approximate surface area is 217 Å². The number of primary amides is 1. The van der Waals surface area contributed by atoms with E-state index in [0.29, 0.717) is 35.8 Å². The van der Waals surface area contributed by atoms with E-state index < -0.39 is 11.9 Å². The van der Waals surface area contributed by atoms with Crippen molar-refractivity contribution in [2.75, 3.05) is 10.6 Å². The highest BCUT2D eigenvalue weighted by molar-refractivity contribution is 5.92. The molecule has 3 aromatic rings. The molecule has 0 spiro atoms. The Kier molecular flexibility index (Phi) is 7.67. The molecule has 2 heterocycles. The van der Waals surface area contributed by atoms with Crippen LogP contribution in [0.4, 0.5) is 11.8 Å². The monoisotopic (exact) mass is 501 g/mol. The molecule has 2 fully saturated rings. The number of nitrogens with one attached hydrogen (secondary N) is 3. The summed E-state index contributed by atoms with van der Waals surface area (Å²) in [6.07, 6.45) is 12.9. The Morgan fingerprint density at radius 2 is 1.73 bits per heavy atom. The fraction of sp³-hybridized carbons (Fsp3) is 0.429. The number of nitrogens with zero attached hydrogens (tertiary/aromatic N) is 3.